The van der Waals surface area contributed by atoms with Gasteiger partial charge in [0.15, 0.2) is 12.1 Å². The summed E-state index contributed by atoms with van der Waals surface area (Å²) in [6, 6.07) is 1.87. The summed E-state index contributed by atoms with van der Waals surface area (Å²) in [5.41, 5.74) is -4.11. The third kappa shape index (κ3) is 5.35. The molecule has 2 aliphatic rings. The van der Waals surface area contributed by atoms with Crippen molar-refractivity contribution in [3.8, 4) is 11.4 Å². The maximum absolute atomic E-state index is 14.9. The molecule has 1 aliphatic heterocycles. The summed E-state index contributed by atoms with van der Waals surface area (Å²) in [6.45, 7) is 0.234. The van der Waals surface area contributed by atoms with Crippen LogP contribution in [0.5, 0.6) is 0 Å². The summed E-state index contributed by atoms with van der Waals surface area (Å²) in [7, 11) is 0. The quantitative estimate of drug-likeness (QED) is 0.369. The second-order valence-electron chi connectivity index (χ2n) is 9.40. The van der Waals surface area contributed by atoms with Crippen molar-refractivity contribution in [1.82, 2.24) is 25.1 Å². The summed E-state index contributed by atoms with van der Waals surface area (Å²) in [6.07, 6.45) is -5.80. The van der Waals surface area contributed by atoms with E-state index in [9.17, 15) is 40.6 Å². The maximum atomic E-state index is 14.9. The van der Waals surface area contributed by atoms with Crippen LogP contribution in [0.1, 0.15) is 42.2 Å². The molecule has 9 nitrogen and oxygen atoms in total. The van der Waals surface area contributed by atoms with Crippen LogP contribution < -0.4 is 10.9 Å². The number of fused-ring (bicyclic) bond motifs is 1. The number of aliphatic hydroxyl groups is 1. The average Bonchev–Trinajstić information content (AvgIpc) is 2.87. The van der Waals surface area contributed by atoms with Crippen LogP contribution in [0.3, 0.4) is 0 Å². The first-order valence-corrected chi connectivity index (χ1v) is 12.0. The van der Waals surface area contributed by atoms with Crippen LogP contribution in [-0.2, 0) is 12.4 Å². The normalized spacial score (nSPS) is 20.7. The van der Waals surface area contributed by atoms with Gasteiger partial charge >= 0.3 is 12.4 Å². The summed E-state index contributed by atoms with van der Waals surface area (Å²) in [5, 5.41) is 18.8. The zero-order chi connectivity index (χ0) is 28.8. The molecule has 0 radical (unpaired) electrons. The molecule has 0 bridgehead atoms. The fourth-order valence-corrected chi connectivity index (χ4v) is 4.65. The number of nitrogens with zero attached hydrogens (tertiary/aromatic N) is 5. The lowest BCUT2D eigenvalue weighted by molar-refractivity contribution is -0.139. The molecule has 3 atom stereocenters. The Kier molecular flexibility index (Phi) is 6.97. The molecule has 40 heavy (non-hydrogen) atoms. The minimum atomic E-state index is -4.87. The van der Waals surface area contributed by atoms with Crippen LogP contribution in [-0.4, -0.2) is 49.1 Å². The van der Waals surface area contributed by atoms with Gasteiger partial charge in [-0.15, -0.1) is 0 Å². The predicted octanol–water partition coefficient (Wildman–Crippen LogP) is 4.65. The predicted molar refractivity (Wildman–Crippen MR) is 127 cm³/mol. The summed E-state index contributed by atoms with van der Waals surface area (Å²) < 4.78 is 93.2. The number of benzene rings is 1. The number of alkyl halides is 6. The third-order valence-corrected chi connectivity index (χ3v) is 6.93. The Morgan fingerprint density at radius 3 is 2.40 bits per heavy atom. The summed E-state index contributed by atoms with van der Waals surface area (Å²) in [5.74, 6) is -1.24. The molecular formula is C24H20F7N7O2. The highest BCUT2D eigenvalue weighted by Gasteiger charge is 2.40. The van der Waals surface area contributed by atoms with Gasteiger partial charge < -0.3 is 15.3 Å². The van der Waals surface area contributed by atoms with Crippen molar-refractivity contribution in [1.29, 1.82) is 0 Å². The average molecular weight is 571 g/mol. The van der Waals surface area contributed by atoms with Gasteiger partial charge in [-0.25, -0.2) is 24.4 Å². The van der Waals surface area contributed by atoms with E-state index in [0.29, 0.717) is 31.7 Å². The molecule has 1 unspecified atom stereocenters. The second kappa shape index (κ2) is 10.1. The number of hydrogen-bond donors (Lipinski definition) is 3. The van der Waals surface area contributed by atoms with Gasteiger partial charge in [-0.3, -0.25) is 4.79 Å². The van der Waals surface area contributed by atoms with Gasteiger partial charge in [0.25, 0.3) is 5.56 Å². The highest BCUT2D eigenvalue weighted by atomic mass is 19.4. The van der Waals surface area contributed by atoms with Crippen molar-refractivity contribution in [3.63, 3.8) is 0 Å². The van der Waals surface area contributed by atoms with Crippen molar-refractivity contribution in [2.24, 2.45) is 10.9 Å². The topological polar surface area (TPSA) is 119 Å². The molecule has 3 heterocycles. The Bertz CT molecular complexity index is 1490. The van der Waals surface area contributed by atoms with Crippen molar-refractivity contribution in [3.05, 3.63) is 63.6 Å². The van der Waals surface area contributed by atoms with Crippen LogP contribution in [0.4, 0.5) is 42.1 Å². The van der Waals surface area contributed by atoms with Crippen LogP contribution in [0, 0.1) is 11.7 Å². The standard InChI is InChI=1S/C24H20F7N7O2/c25-15-5-14-17(6-13(15)20-32-7-12(8-33-20)23(26,27)28)34-10-38(22(14)40)4-3-11-1-2-16(11)36-18-9-35-37-21(39)19(18)24(29,30)31/h5-11,16,22,40H,1-4H2,(H2,36,37,39)/t11-,16+,22?/m1/s1. The number of nitrogens with one attached hydrogen (secondary N) is 2. The number of aliphatic imine (C=N–C) groups is 1. The minimum absolute atomic E-state index is 0.0849. The van der Waals surface area contributed by atoms with Gasteiger partial charge in [0.05, 0.1) is 35.0 Å². The first-order chi connectivity index (χ1) is 18.8. The molecule has 212 valence electrons. The largest absolute Gasteiger partial charge is 0.423 e. The van der Waals surface area contributed by atoms with E-state index in [0.717, 1.165) is 12.3 Å². The lowest BCUT2D eigenvalue weighted by Gasteiger charge is -2.40. The molecule has 3 aromatic rings. The van der Waals surface area contributed by atoms with Crippen molar-refractivity contribution < 1.29 is 35.8 Å². The molecule has 5 rings (SSSR count). The third-order valence-electron chi connectivity index (χ3n) is 6.93. The van der Waals surface area contributed by atoms with E-state index in [1.165, 1.54) is 17.3 Å². The Balaban J connectivity index is 1.25. The minimum Gasteiger partial charge on any atom is -0.380 e. The van der Waals surface area contributed by atoms with E-state index in [1.54, 1.807) is 5.10 Å². The molecule has 1 saturated carbocycles. The number of aromatic amines is 1. The number of aliphatic hydroxyl groups excluding tert-OH is 1. The van der Waals surface area contributed by atoms with Gasteiger partial charge in [-0.1, -0.05) is 0 Å². The van der Waals surface area contributed by atoms with Crippen LogP contribution in [0.2, 0.25) is 0 Å². The monoisotopic (exact) mass is 571 g/mol. The zero-order valence-corrected chi connectivity index (χ0v) is 20.3. The maximum Gasteiger partial charge on any atom is 0.423 e. The van der Waals surface area contributed by atoms with Crippen LogP contribution in [0.15, 0.2) is 40.5 Å². The van der Waals surface area contributed by atoms with E-state index in [4.69, 9.17) is 0 Å². The van der Waals surface area contributed by atoms with Gasteiger partial charge in [0.2, 0.25) is 0 Å². The molecular weight excluding hydrogens is 551 g/mol. The lowest BCUT2D eigenvalue weighted by atomic mass is 9.77. The molecule has 16 heteroatoms. The van der Waals surface area contributed by atoms with Crippen molar-refractivity contribution >= 4 is 17.7 Å². The highest BCUT2D eigenvalue weighted by Crippen LogP contribution is 2.39. The number of halogens is 7. The first kappa shape index (κ1) is 27.5. The number of anilines is 1. The van der Waals surface area contributed by atoms with Gasteiger partial charge in [-0.05, 0) is 37.3 Å². The fraction of sp³-hybridized carbons (Fsp3) is 0.375. The summed E-state index contributed by atoms with van der Waals surface area (Å²) in [4.78, 5) is 24.5. The Hall–Kier alpha value is -4.08. The summed E-state index contributed by atoms with van der Waals surface area (Å²) >= 11 is 0. The fourth-order valence-electron chi connectivity index (χ4n) is 4.65. The zero-order valence-electron chi connectivity index (χ0n) is 20.3. The molecule has 1 aliphatic carbocycles. The van der Waals surface area contributed by atoms with E-state index < -0.39 is 46.8 Å². The van der Waals surface area contributed by atoms with Crippen molar-refractivity contribution in [2.45, 2.75) is 43.9 Å². The number of hydrogen-bond acceptors (Lipinski definition) is 8. The number of rotatable bonds is 6. The Morgan fingerprint density at radius 2 is 1.77 bits per heavy atom. The molecule has 3 N–H and O–H groups in total. The van der Waals surface area contributed by atoms with Crippen LogP contribution in [0.25, 0.3) is 11.4 Å². The van der Waals surface area contributed by atoms with Gasteiger partial charge in [0.1, 0.15) is 11.4 Å². The van der Waals surface area contributed by atoms with E-state index >= 15 is 0 Å². The molecule has 0 amide bonds. The SMILES string of the molecule is O=c1[nH]ncc(N[C@H]2CC[C@@H]2CCN2C=Nc3cc(-c4ncc(C(F)(F)F)cn4)c(F)cc3C2O)c1C(F)(F)F. The lowest BCUT2D eigenvalue weighted by Crippen LogP contribution is -2.42. The molecule has 1 fully saturated rings. The first-order valence-electron chi connectivity index (χ1n) is 12.0. The molecule has 0 spiro atoms. The number of aromatic nitrogens is 4. The van der Waals surface area contributed by atoms with Gasteiger partial charge in [-0.2, -0.15) is 31.4 Å². The molecule has 1 aromatic carbocycles. The molecule has 0 saturated heterocycles. The van der Waals surface area contributed by atoms with E-state index in [1.807, 2.05) is 0 Å². The number of H-pyrrole nitrogens is 1. The smallest absolute Gasteiger partial charge is 0.380 e. The molecule has 2 aromatic heterocycles. The second-order valence-corrected chi connectivity index (χ2v) is 9.40. The highest BCUT2D eigenvalue weighted by molar-refractivity contribution is 5.72. The van der Waals surface area contributed by atoms with Crippen molar-refractivity contribution in [2.75, 3.05) is 11.9 Å². The Morgan fingerprint density at radius 1 is 1.05 bits per heavy atom. The van der Waals surface area contributed by atoms with E-state index in [-0.39, 0.29) is 41.1 Å². The Labute approximate surface area is 220 Å². The van der Waals surface area contributed by atoms with E-state index in [2.05, 4.69) is 25.4 Å². The van der Waals surface area contributed by atoms with Crippen LogP contribution >= 0.6 is 0 Å². The van der Waals surface area contributed by atoms with Gasteiger partial charge in [0, 0.05) is 30.5 Å².